The summed E-state index contributed by atoms with van der Waals surface area (Å²) in [5.41, 5.74) is 17.7. The number of hydrogen-bond donors (Lipinski definition) is 2. The molecule has 4 N–H and O–H groups in total. The minimum atomic E-state index is -0.167. The molecule has 28 heavy (non-hydrogen) atoms. The molecule has 0 saturated heterocycles. The van der Waals surface area contributed by atoms with Crippen molar-refractivity contribution in [1.29, 1.82) is 0 Å². The second kappa shape index (κ2) is 5.19. The highest BCUT2D eigenvalue weighted by atomic mass is 15.5. The number of nitrogens with two attached hydrogens (primary N) is 2. The van der Waals surface area contributed by atoms with Crippen molar-refractivity contribution in [3.8, 4) is 11.1 Å². The third-order valence-corrected chi connectivity index (χ3v) is 5.05. The number of guanidine groups is 3. The van der Waals surface area contributed by atoms with Crippen LogP contribution in [-0.2, 0) is 0 Å². The van der Waals surface area contributed by atoms with Crippen LogP contribution in [-0.4, -0.2) is 41.3 Å². The van der Waals surface area contributed by atoms with E-state index in [0.29, 0.717) is 35.1 Å². The molecule has 0 radical (unpaired) electrons. The third kappa shape index (κ3) is 1.95. The summed E-state index contributed by atoms with van der Waals surface area (Å²) in [5.74, 6) is 1.79. The molecule has 0 spiro atoms. The van der Waals surface area contributed by atoms with E-state index in [1.54, 1.807) is 4.90 Å². The maximum atomic E-state index is 6.04. The zero-order valence-electron chi connectivity index (χ0n) is 14.5. The van der Waals surface area contributed by atoms with Gasteiger partial charge in [0.2, 0.25) is 17.9 Å². The number of fused-ring (bicyclic) bond motifs is 3. The molecule has 3 aliphatic heterocycles. The smallest absolute Gasteiger partial charge is 0.242 e. The van der Waals surface area contributed by atoms with E-state index in [2.05, 4.69) is 20.0 Å². The van der Waals surface area contributed by atoms with Crippen LogP contribution in [0.25, 0.3) is 11.1 Å². The molecule has 0 saturated carbocycles. The van der Waals surface area contributed by atoms with Crippen molar-refractivity contribution < 1.29 is 0 Å². The molecular formula is C19H13N9. The standard InChI is InChI=1S/C19H13N9/c20-9-1-3-11-13(5-9)14-6-10(21)2-4-12(14)15(11)16-26-18-24-7-22-17-23-8-25-19(27-16)28(17)18/h1-8,15H,20-21H2. The second-order valence-electron chi connectivity index (χ2n) is 6.69. The SMILES string of the molecule is Nc1ccc2c(c1)-c1cc(N)ccc1C2C1=NC2=NC=NC3=NC=NC(=N1)N32. The van der Waals surface area contributed by atoms with E-state index < -0.39 is 0 Å². The van der Waals surface area contributed by atoms with Gasteiger partial charge in [0.1, 0.15) is 18.5 Å². The summed E-state index contributed by atoms with van der Waals surface area (Å²) < 4.78 is 0. The summed E-state index contributed by atoms with van der Waals surface area (Å²) in [7, 11) is 0. The van der Waals surface area contributed by atoms with Crippen molar-refractivity contribution in [1.82, 2.24) is 4.90 Å². The molecule has 1 aliphatic carbocycles. The Hall–Kier alpha value is -4.14. The van der Waals surface area contributed by atoms with Crippen molar-refractivity contribution in [3.05, 3.63) is 47.5 Å². The van der Waals surface area contributed by atoms with Gasteiger partial charge < -0.3 is 11.5 Å². The number of aliphatic imine (C=N–C) groups is 6. The summed E-state index contributed by atoms with van der Waals surface area (Å²) in [5, 5.41) is 0. The third-order valence-electron chi connectivity index (χ3n) is 5.05. The van der Waals surface area contributed by atoms with Crippen molar-refractivity contribution in [3.63, 3.8) is 0 Å². The highest BCUT2D eigenvalue weighted by Crippen LogP contribution is 2.47. The average Bonchev–Trinajstić information content (AvgIpc) is 3.01. The van der Waals surface area contributed by atoms with Crippen LogP contribution < -0.4 is 11.5 Å². The Kier molecular flexibility index (Phi) is 2.78. The Morgan fingerprint density at radius 1 is 0.714 bits per heavy atom. The molecule has 0 bridgehead atoms. The second-order valence-corrected chi connectivity index (χ2v) is 6.69. The predicted molar refractivity (Wildman–Crippen MR) is 111 cm³/mol. The lowest BCUT2D eigenvalue weighted by molar-refractivity contribution is 0.827. The van der Waals surface area contributed by atoms with Gasteiger partial charge in [0, 0.05) is 11.4 Å². The van der Waals surface area contributed by atoms with Gasteiger partial charge in [0.15, 0.2) is 0 Å². The van der Waals surface area contributed by atoms with Crippen molar-refractivity contribution in [2.45, 2.75) is 5.92 Å². The number of nitrogen functional groups attached to an aromatic ring is 2. The number of benzene rings is 2. The Morgan fingerprint density at radius 3 is 2.00 bits per heavy atom. The first-order chi connectivity index (χ1) is 13.7. The van der Waals surface area contributed by atoms with Crippen LogP contribution in [0, 0.1) is 0 Å². The molecule has 0 aromatic heterocycles. The van der Waals surface area contributed by atoms with Crippen LogP contribution in [0.15, 0.2) is 66.4 Å². The maximum Gasteiger partial charge on any atom is 0.242 e. The molecule has 2 aromatic rings. The van der Waals surface area contributed by atoms with Crippen molar-refractivity contribution in [2.24, 2.45) is 30.0 Å². The number of hydrogen-bond acceptors (Lipinski definition) is 9. The van der Waals surface area contributed by atoms with Crippen molar-refractivity contribution >= 4 is 47.8 Å². The van der Waals surface area contributed by atoms with E-state index in [0.717, 1.165) is 22.3 Å². The molecule has 9 heteroatoms. The van der Waals surface area contributed by atoms with Crippen LogP contribution in [0.2, 0.25) is 0 Å². The molecule has 6 rings (SSSR count). The molecule has 134 valence electrons. The quantitative estimate of drug-likeness (QED) is 0.746. The zero-order chi connectivity index (χ0) is 18.8. The first-order valence-electron chi connectivity index (χ1n) is 8.66. The van der Waals surface area contributed by atoms with Gasteiger partial charge in [-0.1, -0.05) is 12.1 Å². The molecule has 9 nitrogen and oxygen atoms in total. The lowest BCUT2D eigenvalue weighted by atomic mass is 9.95. The van der Waals surface area contributed by atoms with E-state index in [1.807, 2.05) is 36.4 Å². The van der Waals surface area contributed by atoms with E-state index in [4.69, 9.17) is 21.5 Å². The topological polar surface area (TPSA) is 129 Å². The summed E-state index contributed by atoms with van der Waals surface area (Å²) in [6.45, 7) is 0. The van der Waals surface area contributed by atoms with Gasteiger partial charge in [0.05, 0.1) is 5.92 Å². The highest BCUT2D eigenvalue weighted by molar-refractivity contribution is 6.28. The van der Waals surface area contributed by atoms with Crippen molar-refractivity contribution in [2.75, 3.05) is 11.5 Å². The summed E-state index contributed by atoms with van der Waals surface area (Å²) in [4.78, 5) is 27.9. The first kappa shape index (κ1) is 15.0. The Morgan fingerprint density at radius 2 is 1.32 bits per heavy atom. The number of amidine groups is 1. The van der Waals surface area contributed by atoms with Crippen LogP contribution in [0.4, 0.5) is 11.4 Å². The monoisotopic (exact) mass is 367 g/mol. The largest absolute Gasteiger partial charge is 0.399 e. The van der Waals surface area contributed by atoms with E-state index >= 15 is 0 Å². The molecule has 0 amide bonds. The molecule has 0 atom stereocenters. The summed E-state index contributed by atoms with van der Waals surface area (Å²) in [6.07, 6.45) is 2.87. The first-order valence-corrected chi connectivity index (χ1v) is 8.66. The van der Waals surface area contributed by atoms with Gasteiger partial charge >= 0.3 is 0 Å². The van der Waals surface area contributed by atoms with Gasteiger partial charge in [-0.25, -0.2) is 24.9 Å². The zero-order valence-corrected chi connectivity index (χ0v) is 14.5. The van der Waals surface area contributed by atoms with Crippen LogP contribution in [0.3, 0.4) is 0 Å². The fourth-order valence-corrected chi connectivity index (χ4v) is 3.88. The Balaban J connectivity index is 1.58. The minimum absolute atomic E-state index is 0.167. The Labute approximate surface area is 159 Å². The lowest BCUT2D eigenvalue weighted by Crippen LogP contribution is -2.46. The van der Waals surface area contributed by atoms with Gasteiger partial charge in [-0.05, 0) is 46.5 Å². The van der Waals surface area contributed by atoms with Gasteiger partial charge in [-0.3, -0.25) is 0 Å². The molecular weight excluding hydrogens is 354 g/mol. The predicted octanol–water partition coefficient (Wildman–Crippen LogP) is 1.83. The average molecular weight is 367 g/mol. The van der Waals surface area contributed by atoms with Crippen LogP contribution >= 0.6 is 0 Å². The maximum absolute atomic E-state index is 6.04. The van der Waals surface area contributed by atoms with Crippen LogP contribution in [0.1, 0.15) is 17.0 Å². The molecule has 3 heterocycles. The lowest BCUT2D eigenvalue weighted by Gasteiger charge is -2.29. The molecule has 2 aromatic carbocycles. The van der Waals surface area contributed by atoms with Gasteiger partial charge in [-0.2, -0.15) is 9.98 Å². The van der Waals surface area contributed by atoms with Crippen LogP contribution in [0.5, 0.6) is 0 Å². The fourth-order valence-electron chi connectivity index (χ4n) is 3.88. The summed E-state index contributed by atoms with van der Waals surface area (Å²) >= 11 is 0. The van der Waals surface area contributed by atoms with E-state index in [9.17, 15) is 0 Å². The molecule has 0 unspecified atom stereocenters. The molecule has 4 aliphatic rings. The molecule has 0 fully saturated rings. The minimum Gasteiger partial charge on any atom is -0.399 e. The number of nitrogens with zero attached hydrogens (tertiary/aromatic N) is 7. The summed E-state index contributed by atoms with van der Waals surface area (Å²) in [6, 6.07) is 11.7. The van der Waals surface area contributed by atoms with Gasteiger partial charge in [0.25, 0.3) is 0 Å². The van der Waals surface area contributed by atoms with E-state index in [-0.39, 0.29) is 5.92 Å². The van der Waals surface area contributed by atoms with Gasteiger partial charge in [-0.15, -0.1) is 0 Å². The number of anilines is 2. The highest BCUT2D eigenvalue weighted by Gasteiger charge is 2.38. The van der Waals surface area contributed by atoms with E-state index in [1.165, 1.54) is 12.7 Å². The number of rotatable bonds is 1. The Bertz CT molecular complexity index is 1190. The normalized spacial score (nSPS) is 18.6. The fraction of sp³-hybridized carbons (Fsp3) is 0.0526.